The Morgan fingerprint density at radius 1 is 0.789 bits per heavy atom. The molecule has 0 amide bonds. The highest BCUT2D eigenvalue weighted by atomic mass is 15.0. The van der Waals surface area contributed by atoms with E-state index in [0.717, 1.165) is 0 Å². The molecule has 3 rings (SSSR count). The summed E-state index contributed by atoms with van der Waals surface area (Å²) in [5.74, 6) is 0. The molecule has 1 nitrogen and oxygen atoms in total. The highest BCUT2D eigenvalue weighted by Crippen LogP contribution is 2.36. The quantitative estimate of drug-likeness (QED) is 0.553. The minimum atomic E-state index is 0.474. The van der Waals surface area contributed by atoms with E-state index < -0.39 is 0 Å². The van der Waals surface area contributed by atoms with E-state index in [0.29, 0.717) is 6.04 Å². The number of nitrogens with zero attached hydrogens (tertiary/aromatic N) is 1. The Balaban J connectivity index is 2.70. The van der Waals surface area contributed by atoms with Crippen molar-refractivity contribution in [1.29, 1.82) is 0 Å². The smallest absolute Gasteiger partial charge is 0.0526 e. The summed E-state index contributed by atoms with van der Waals surface area (Å²) in [6, 6.07) is 11.6. The van der Waals surface area contributed by atoms with Crippen molar-refractivity contribution in [2.24, 2.45) is 0 Å². The van der Waals surface area contributed by atoms with E-state index in [1.54, 1.807) is 0 Å². The molecule has 0 aliphatic heterocycles. The average Bonchev–Trinajstić information content (AvgIpc) is 2.72. The molecule has 98 valence electrons. The van der Waals surface area contributed by atoms with Crippen molar-refractivity contribution in [1.82, 2.24) is 4.57 Å². The lowest BCUT2D eigenvalue weighted by Gasteiger charge is -2.14. The zero-order valence-corrected chi connectivity index (χ0v) is 12.4. The van der Waals surface area contributed by atoms with E-state index in [2.05, 4.69) is 69.5 Å². The van der Waals surface area contributed by atoms with Crippen LogP contribution >= 0.6 is 0 Å². The summed E-state index contributed by atoms with van der Waals surface area (Å²) in [6.07, 6.45) is 0. The number of para-hydroxylation sites is 1. The van der Waals surface area contributed by atoms with Gasteiger partial charge in [-0.2, -0.15) is 0 Å². The number of hydrogen-bond donors (Lipinski definition) is 0. The van der Waals surface area contributed by atoms with Gasteiger partial charge in [0.05, 0.1) is 11.0 Å². The summed E-state index contributed by atoms with van der Waals surface area (Å²) in [7, 11) is 0. The Hall–Kier alpha value is -1.76. The first-order valence-corrected chi connectivity index (χ1v) is 7.01. The maximum absolute atomic E-state index is 2.50. The van der Waals surface area contributed by atoms with Gasteiger partial charge in [-0.1, -0.05) is 30.3 Å². The number of rotatable bonds is 1. The van der Waals surface area contributed by atoms with Crippen molar-refractivity contribution in [3.8, 4) is 0 Å². The summed E-state index contributed by atoms with van der Waals surface area (Å²) < 4.78 is 2.50. The molecule has 0 bridgehead atoms. The molecule has 0 spiro atoms. The van der Waals surface area contributed by atoms with Crippen LogP contribution in [0.4, 0.5) is 0 Å². The molecular weight excluding hydrogens is 230 g/mol. The average molecular weight is 251 g/mol. The molecule has 1 heterocycles. The van der Waals surface area contributed by atoms with Crippen LogP contribution in [0.25, 0.3) is 21.8 Å². The van der Waals surface area contributed by atoms with Gasteiger partial charge in [-0.05, 0) is 51.3 Å². The molecule has 1 heteroatoms. The summed E-state index contributed by atoms with van der Waals surface area (Å²) in [5, 5.41) is 2.82. The number of aromatic nitrogens is 1. The lowest BCUT2D eigenvalue weighted by atomic mass is 10.0. The fourth-order valence-corrected chi connectivity index (χ4v) is 3.26. The molecule has 0 saturated carbocycles. The third kappa shape index (κ3) is 1.61. The van der Waals surface area contributed by atoms with Crippen molar-refractivity contribution in [2.45, 2.75) is 40.7 Å². The van der Waals surface area contributed by atoms with Crippen LogP contribution in [0.15, 0.2) is 30.3 Å². The van der Waals surface area contributed by atoms with Crippen LogP contribution in [0, 0.1) is 20.8 Å². The Morgan fingerprint density at radius 3 is 2.11 bits per heavy atom. The van der Waals surface area contributed by atoms with Gasteiger partial charge in [-0.25, -0.2) is 0 Å². The van der Waals surface area contributed by atoms with Crippen molar-refractivity contribution in [3.63, 3.8) is 0 Å². The molecular formula is C18H21N. The maximum Gasteiger partial charge on any atom is 0.0526 e. The predicted octanol–water partition coefficient (Wildman–Crippen LogP) is 5.30. The number of benzene rings is 2. The third-order valence-corrected chi connectivity index (χ3v) is 4.09. The first-order chi connectivity index (χ1) is 9.02. The predicted molar refractivity (Wildman–Crippen MR) is 84.0 cm³/mol. The molecule has 0 N–H and O–H groups in total. The van der Waals surface area contributed by atoms with Gasteiger partial charge in [0.2, 0.25) is 0 Å². The van der Waals surface area contributed by atoms with E-state index in [1.165, 1.54) is 38.5 Å². The molecule has 0 aliphatic carbocycles. The van der Waals surface area contributed by atoms with Crippen LogP contribution in [0.3, 0.4) is 0 Å². The molecule has 0 aliphatic rings. The lowest BCUT2D eigenvalue weighted by molar-refractivity contribution is 0.640. The zero-order valence-electron chi connectivity index (χ0n) is 12.4. The van der Waals surface area contributed by atoms with Crippen LogP contribution in [0.5, 0.6) is 0 Å². The Labute approximate surface area is 114 Å². The summed E-state index contributed by atoms with van der Waals surface area (Å²) in [6.45, 7) is 11.2. The van der Waals surface area contributed by atoms with E-state index >= 15 is 0 Å². The maximum atomic E-state index is 2.50. The SMILES string of the molecule is Cc1ccc(C)c2c1c1cccc(C)c1n2C(C)C. The van der Waals surface area contributed by atoms with Crippen molar-refractivity contribution in [2.75, 3.05) is 0 Å². The van der Waals surface area contributed by atoms with Gasteiger partial charge in [-0.15, -0.1) is 0 Å². The normalized spacial score (nSPS) is 11.9. The molecule has 0 radical (unpaired) electrons. The van der Waals surface area contributed by atoms with Gasteiger partial charge >= 0.3 is 0 Å². The van der Waals surface area contributed by atoms with Crippen molar-refractivity contribution in [3.05, 3.63) is 47.0 Å². The molecule has 2 aromatic carbocycles. The largest absolute Gasteiger partial charge is 0.337 e. The minimum Gasteiger partial charge on any atom is -0.337 e. The highest BCUT2D eigenvalue weighted by molar-refractivity contribution is 6.11. The molecule has 1 aromatic heterocycles. The van der Waals surface area contributed by atoms with Crippen LogP contribution in [0.1, 0.15) is 36.6 Å². The van der Waals surface area contributed by atoms with Crippen LogP contribution in [-0.2, 0) is 0 Å². The molecule has 3 aromatic rings. The molecule has 0 saturated heterocycles. The molecule has 0 unspecified atom stereocenters. The Kier molecular flexibility index (Phi) is 2.67. The second kappa shape index (κ2) is 4.12. The van der Waals surface area contributed by atoms with Gasteiger partial charge in [0.15, 0.2) is 0 Å². The number of fused-ring (bicyclic) bond motifs is 3. The van der Waals surface area contributed by atoms with Crippen molar-refractivity contribution >= 4 is 21.8 Å². The van der Waals surface area contributed by atoms with Gasteiger partial charge < -0.3 is 4.57 Å². The van der Waals surface area contributed by atoms with Gasteiger partial charge in [0, 0.05) is 16.8 Å². The second-order valence-electron chi connectivity index (χ2n) is 5.86. The molecule has 19 heavy (non-hydrogen) atoms. The standard InChI is InChI=1S/C18H21N/c1-11(2)19-17-13(4)7-6-8-15(17)16-12(3)9-10-14(5)18(16)19/h6-11H,1-5H3. The Bertz CT molecular complexity index is 775. The molecule has 0 fully saturated rings. The monoisotopic (exact) mass is 251 g/mol. The first-order valence-electron chi connectivity index (χ1n) is 7.01. The Morgan fingerprint density at radius 2 is 1.42 bits per heavy atom. The first kappa shape index (κ1) is 12.3. The topological polar surface area (TPSA) is 4.93 Å². The van der Waals surface area contributed by atoms with Crippen LogP contribution < -0.4 is 0 Å². The van der Waals surface area contributed by atoms with Crippen molar-refractivity contribution < 1.29 is 0 Å². The van der Waals surface area contributed by atoms with Gasteiger partial charge in [0.25, 0.3) is 0 Å². The lowest BCUT2D eigenvalue weighted by Crippen LogP contribution is -2.02. The third-order valence-electron chi connectivity index (χ3n) is 4.09. The van der Waals surface area contributed by atoms with E-state index in [4.69, 9.17) is 0 Å². The number of aryl methyl sites for hydroxylation is 3. The van der Waals surface area contributed by atoms with Gasteiger partial charge in [0.1, 0.15) is 0 Å². The highest BCUT2D eigenvalue weighted by Gasteiger charge is 2.17. The summed E-state index contributed by atoms with van der Waals surface area (Å²) in [4.78, 5) is 0. The van der Waals surface area contributed by atoms with E-state index in [-0.39, 0.29) is 0 Å². The summed E-state index contributed by atoms with van der Waals surface area (Å²) >= 11 is 0. The number of hydrogen-bond acceptors (Lipinski definition) is 0. The zero-order chi connectivity index (χ0) is 13.7. The molecule has 0 atom stereocenters. The van der Waals surface area contributed by atoms with Crippen LogP contribution in [-0.4, -0.2) is 4.57 Å². The van der Waals surface area contributed by atoms with E-state index in [1.807, 2.05) is 0 Å². The van der Waals surface area contributed by atoms with Gasteiger partial charge in [-0.3, -0.25) is 0 Å². The van der Waals surface area contributed by atoms with Crippen LogP contribution in [0.2, 0.25) is 0 Å². The fourth-order valence-electron chi connectivity index (χ4n) is 3.26. The fraction of sp³-hybridized carbons (Fsp3) is 0.333. The summed E-state index contributed by atoms with van der Waals surface area (Å²) in [5.41, 5.74) is 6.89. The minimum absolute atomic E-state index is 0.474. The van der Waals surface area contributed by atoms with E-state index in [9.17, 15) is 0 Å². The second-order valence-corrected chi connectivity index (χ2v) is 5.86.